The molecule has 0 saturated heterocycles. The minimum absolute atomic E-state index is 0.217. The number of Topliss-reactive ketones (excluding diaryl/α,β-unsaturated/α-hetero) is 1. The molecule has 1 heterocycles. The highest BCUT2D eigenvalue weighted by Crippen LogP contribution is 2.19. The third-order valence-corrected chi connectivity index (χ3v) is 3.87. The van der Waals surface area contributed by atoms with Crippen LogP contribution in [0.1, 0.15) is 20.7 Å². The molecule has 0 fully saturated rings. The van der Waals surface area contributed by atoms with E-state index in [9.17, 15) is 14.0 Å². The minimum Gasteiger partial charge on any atom is -0.454 e. The number of benzene rings is 2. The zero-order chi connectivity index (χ0) is 16.4. The van der Waals surface area contributed by atoms with E-state index >= 15 is 0 Å². The molecule has 0 amide bonds. The maximum atomic E-state index is 13.6. The first-order valence-electron chi connectivity index (χ1n) is 6.78. The largest absolute Gasteiger partial charge is 0.454 e. The van der Waals surface area contributed by atoms with Gasteiger partial charge in [0.25, 0.3) is 0 Å². The van der Waals surface area contributed by atoms with E-state index in [-0.39, 0.29) is 11.3 Å². The first kappa shape index (κ1) is 15.4. The molecule has 6 heteroatoms. The number of H-pyrrole nitrogens is 1. The van der Waals surface area contributed by atoms with E-state index in [1.54, 1.807) is 12.3 Å². The molecule has 0 aliphatic heterocycles. The maximum absolute atomic E-state index is 13.6. The molecule has 0 bridgehead atoms. The molecule has 0 aliphatic rings. The van der Waals surface area contributed by atoms with E-state index in [0.717, 1.165) is 17.0 Å². The predicted molar refractivity (Wildman–Crippen MR) is 87.0 cm³/mol. The van der Waals surface area contributed by atoms with E-state index in [2.05, 4.69) is 20.9 Å². The Labute approximate surface area is 139 Å². The van der Waals surface area contributed by atoms with Gasteiger partial charge in [0.05, 0.1) is 5.56 Å². The summed E-state index contributed by atoms with van der Waals surface area (Å²) < 4.78 is 19.1. The highest BCUT2D eigenvalue weighted by molar-refractivity contribution is 9.10. The number of carbonyl (C=O) groups is 2. The molecule has 0 saturated carbocycles. The number of halogens is 2. The van der Waals surface area contributed by atoms with Crippen LogP contribution in [0.4, 0.5) is 4.39 Å². The van der Waals surface area contributed by atoms with E-state index in [4.69, 9.17) is 4.74 Å². The molecule has 0 unspecified atom stereocenters. The number of aromatic amines is 1. The first-order chi connectivity index (χ1) is 11.1. The monoisotopic (exact) mass is 375 g/mol. The summed E-state index contributed by atoms with van der Waals surface area (Å²) in [4.78, 5) is 27.1. The van der Waals surface area contributed by atoms with E-state index in [1.165, 1.54) is 12.1 Å². The number of hydrogen-bond acceptors (Lipinski definition) is 3. The van der Waals surface area contributed by atoms with Gasteiger partial charge in [-0.3, -0.25) is 4.79 Å². The lowest BCUT2D eigenvalue weighted by Crippen LogP contribution is -2.15. The highest BCUT2D eigenvalue weighted by Gasteiger charge is 2.17. The van der Waals surface area contributed by atoms with Gasteiger partial charge in [-0.15, -0.1) is 0 Å². The molecule has 1 N–H and O–H groups in total. The second kappa shape index (κ2) is 6.34. The molecular weight excluding hydrogens is 365 g/mol. The standard InChI is InChI=1S/C17H11BrFNO3/c18-10-5-6-14(19)12(7-10)17(22)23-9-16(21)13-8-20-15-4-2-1-3-11(13)15/h1-8,20H,9H2. The number of carbonyl (C=O) groups excluding carboxylic acids is 2. The fourth-order valence-electron chi connectivity index (χ4n) is 2.24. The van der Waals surface area contributed by atoms with Crippen molar-refractivity contribution in [2.45, 2.75) is 0 Å². The number of ether oxygens (including phenoxy) is 1. The molecule has 116 valence electrons. The molecule has 2 aromatic carbocycles. The van der Waals surface area contributed by atoms with Crippen molar-refractivity contribution >= 4 is 38.6 Å². The third-order valence-electron chi connectivity index (χ3n) is 3.37. The zero-order valence-electron chi connectivity index (χ0n) is 11.8. The van der Waals surface area contributed by atoms with Crippen molar-refractivity contribution in [1.29, 1.82) is 0 Å². The minimum atomic E-state index is -0.878. The van der Waals surface area contributed by atoms with Gasteiger partial charge >= 0.3 is 5.97 Å². The Balaban J connectivity index is 1.74. The fourth-order valence-corrected chi connectivity index (χ4v) is 2.60. The van der Waals surface area contributed by atoms with Gasteiger partial charge in [0, 0.05) is 27.1 Å². The topological polar surface area (TPSA) is 59.2 Å². The quantitative estimate of drug-likeness (QED) is 0.551. The van der Waals surface area contributed by atoms with Crippen LogP contribution in [0, 0.1) is 5.82 Å². The summed E-state index contributed by atoms with van der Waals surface area (Å²) in [7, 11) is 0. The average Bonchev–Trinajstić information content (AvgIpc) is 2.98. The summed E-state index contributed by atoms with van der Waals surface area (Å²) in [5, 5.41) is 0.752. The van der Waals surface area contributed by atoms with Crippen LogP contribution >= 0.6 is 15.9 Å². The van der Waals surface area contributed by atoms with E-state index < -0.39 is 18.4 Å². The van der Waals surface area contributed by atoms with Gasteiger partial charge in [0.1, 0.15) is 5.82 Å². The van der Waals surface area contributed by atoms with Crippen LogP contribution in [0.15, 0.2) is 53.1 Å². The van der Waals surface area contributed by atoms with Crippen LogP contribution in [0.25, 0.3) is 10.9 Å². The Kier molecular flexibility index (Phi) is 4.25. The fraction of sp³-hybridized carbons (Fsp3) is 0.0588. The van der Waals surface area contributed by atoms with Crippen molar-refractivity contribution in [2.75, 3.05) is 6.61 Å². The van der Waals surface area contributed by atoms with Gasteiger partial charge in [-0.05, 0) is 24.3 Å². The van der Waals surface area contributed by atoms with Gasteiger partial charge < -0.3 is 9.72 Å². The van der Waals surface area contributed by atoms with Crippen molar-refractivity contribution in [3.8, 4) is 0 Å². The number of ketones is 1. The van der Waals surface area contributed by atoms with Crippen molar-refractivity contribution in [3.05, 3.63) is 70.1 Å². The number of para-hydroxylation sites is 1. The Morgan fingerprint density at radius 3 is 2.74 bits per heavy atom. The Morgan fingerprint density at radius 2 is 1.91 bits per heavy atom. The van der Waals surface area contributed by atoms with Gasteiger partial charge in [-0.1, -0.05) is 34.1 Å². The number of hydrogen-bond donors (Lipinski definition) is 1. The molecule has 3 rings (SSSR count). The van der Waals surface area contributed by atoms with Crippen molar-refractivity contribution in [3.63, 3.8) is 0 Å². The highest BCUT2D eigenvalue weighted by atomic mass is 79.9. The molecule has 4 nitrogen and oxygen atoms in total. The molecule has 0 radical (unpaired) electrons. The Hall–Kier alpha value is -2.47. The second-order valence-electron chi connectivity index (χ2n) is 4.87. The lowest BCUT2D eigenvalue weighted by atomic mass is 10.1. The van der Waals surface area contributed by atoms with Crippen LogP contribution in [0.3, 0.4) is 0 Å². The van der Waals surface area contributed by atoms with Crippen LogP contribution in [-0.2, 0) is 4.74 Å². The molecule has 1 aromatic heterocycles. The van der Waals surface area contributed by atoms with Crippen molar-refractivity contribution in [2.24, 2.45) is 0 Å². The number of esters is 1. The summed E-state index contributed by atoms with van der Waals surface area (Å²) in [6.45, 7) is -0.452. The lowest BCUT2D eigenvalue weighted by Gasteiger charge is -2.05. The summed E-state index contributed by atoms with van der Waals surface area (Å²) in [5.74, 6) is -1.93. The number of aromatic nitrogens is 1. The summed E-state index contributed by atoms with van der Waals surface area (Å²) >= 11 is 3.16. The van der Waals surface area contributed by atoms with Crippen LogP contribution in [0.5, 0.6) is 0 Å². The molecule has 23 heavy (non-hydrogen) atoms. The summed E-state index contributed by atoms with van der Waals surface area (Å²) in [6.07, 6.45) is 1.57. The Bertz CT molecular complexity index is 904. The predicted octanol–water partition coefficient (Wildman–Crippen LogP) is 4.11. The SMILES string of the molecule is O=C(OCC(=O)c1c[nH]c2ccccc12)c1cc(Br)ccc1F. The first-order valence-corrected chi connectivity index (χ1v) is 7.57. The number of rotatable bonds is 4. The molecule has 0 spiro atoms. The van der Waals surface area contributed by atoms with E-state index in [1.807, 2.05) is 18.2 Å². The van der Waals surface area contributed by atoms with E-state index in [0.29, 0.717) is 10.0 Å². The van der Waals surface area contributed by atoms with Gasteiger partial charge in [-0.2, -0.15) is 0 Å². The van der Waals surface area contributed by atoms with Gasteiger partial charge in [0.15, 0.2) is 6.61 Å². The maximum Gasteiger partial charge on any atom is 0.341 e. The molecule has 0 atom stereocenters. The second-order valence-corrected chi connectivity index (χ2v) is 5.79. The summed E-state index contributed by atoms with van der Waals surface area (Å²) in [5.41, 5.74) is 1.04. The normalized spacial score (nSPS) is 10.7. The van der Waals surface area contributed by atoms with Gasteiger partial charge in [0.2, 0.25) is 5.78 Å². The van der Waals surface area contributed by atoms with Crippen molar-refractivity contribution in [1.82, 2.24) is 4.98 Å². The Morgan fingerprint density at radius 1 is 1.13 bits per heavy atom. The molecule has 3 aromatic rings. The van der Waals surface area contributed by atoms with Crippen molar-refractivity contribution < 1.29 is 18.7 Å². The average molecular weight is 376 g/mol. The van der Waals surface area contributed by atoms with Gasteiger partial charge in [-0.25, -0.2) is 9.18 Å². The van der Waals surface area contributed by atoms with Crippen LogP contribution in [-0.4, -0.2) is 23.3 Å². The lowest BCUT2D eigenvalue weighted by molar-refractivity contribution is 0.0470. The number of fused-ring (bicyclic) bond motifs is 1. The third kappa shape index (κ3) is 3.17. The number of nitrogens with one attached hydrogen (secondary N) is 1. The molecule has 0 aliphatic carbocycles. The zero-order valence-corrected chi connectivity index (χ0v) is 13.4. The smallest absolute Gasteiger partial charge is 0.341 e. The van der Waals surface area contributed by atoms with Crippen LogP contribution < -0.4 is 0 Å². The van der Waals surface area contributed by atoms with Crippen LogP contribution in [0.2, 0.25) is 0 Å². The molecular formula is C17H11BrFNO3. The summed E-state index contributed by atoms with van der Waals surface area (Å²) in [6, 6.07) is 11.3.